The zero-order valence-corrected chi connectivity index (χ0v) is 7.33. The lowest BCUT2D eigenvalue weighted by Crippen LogP contribution is -2.43. The Kier molecular flexibility index (Phi) is 2.40. The zero-order chi connectivity index (χ0) is 9.10. The minimum Gasteiger partial charge on any atom is -0.367 e. The molecule has 1 aliphatic heterocycles. The van der Waals surface area contributed by atoms with Gasteiger partial charge in [-0.3, -0.25) is 4.98 Å². The molecule has 0 atom stereocenters. The van der Waals surface area contributed by atoms with E-state index in [9.17, 15) is 4.39 Å². The smallest absolute Gasteiger partial charge is 0.164 e. The fraction of sp³-hybridized carbons (Fsp3) is 0.444. The summed E-state index contributed by atoms with van der Waals surface area (Å²) < 4.78 is 13.2. The van der Waals surface area contributed by atoms with Crippen LogP contribution in [0.5, 0.6) is 0 Å². The summed E-state index contributed by atoms with van der Waals surface area (Å²) in [6.45, 7) is 3.56. The number of hydrogen-bond acceptors (Lipinski definition) is 3. The van der Waals surface area contributed by atoms with Gasteiger partial charge in [-0.15, -0.1) is 0 Å². The average Bonchev–Trinajstić information content (AvgIpc) is 2.20. The van der Waals surface area contributed by atoms with E-state index in [1.165, 1.54) is 6.20 Å². The van der Waals surface area contributed by atoms with Crippen molar-refractivity contribution in [3.8, 4) is 0 Å². The highest BCUT2D eigenvalue weighted by Crippen LogP contribution is 2.17. The van der Waals surface area contributed by atoms with Crippen LogP contribution in [0.1, 0.15) is 0 Å². The van der Waals surface area contributed by atoms with E-state index in [1.807, 2.05) is 4.90 Å². The number of hydrogen-bond donors (Lipinski definition) is 1. The summed E-state index contributed by atoms with van der Waals surface area (Å²) in [4.78, 5) is 5.76. The molecule has 70 valence electrons. The van der Waals surface area contributed by atoms with Crippen molar-refractivity contribution in [3.05, 3.63) is 24.3 Å². The second kappa shape index (κ2) is 3.70. The Morgan fingerprint density at radius 3 is 2.85 bits per heavy atom. The Labute approximate surface area is 76.6 Å². The molecule has 1 N–H and O–H groups in total. The highest BCUT2D eigenvalue weighted by molar-refractivity contribution is 5.46. The molecule has 0 saturated carbocycles. The molecule has 0 amide bonds. The topological polar surface area (TPSA) is 28.2 Å². The fourth-order valence-electron chi connectivity index (χ4n) is 1.53. The van der Waals surface area contributed by atoms with Crippen LogP contribution in [0.4, 0.5) is 10.1 Å². The van der Waals surface area contributed by atoms with Gasteiger partial charge in [-0.2, -0.15) is 0 Å². The fourth-order valence-corrected chi connectivity index (χ4v) is 1.53. The summed E-state index contributed by atoms with van der Waals surface area (Å²) in [6.07, 6.45) is 2.89. The lowest BCUT2D eigenvalue weighted by atomic mass is 10.3. The Morgan fingerprint density at radius 2 is 2.15 bits per heavy atom. The molecule has 0 unspecified atom stereocenters. The van der Waals surface area contributed by atoms with Crippen molar-refractivity contribution in [1.29, 1.82) is 0 Å². The minimum atomic E-state index is -0.232. The summed E-state index contributed by atoms with van der Waals surface area (Å²) in [7, 11) is 0. The molecule has 13 heavy (non-hydrogen) atoms. The Balaban J connectivity index is 2.18. The van der Waals surface area contributed by atoms with Gasteiger partial charge in [0.15, 0.2) is 5.82 Å². The van der Waals surface area contributed by atoms with E-state index in [2.05, 4.69) is 10.3 Å². The normalized spacial score (nSPS) is 17.5. The van der Waals surface area contributed by atoms with Crippen LogP contribution in [0.3, 0.4) is 0 Å². The lowest BCUT2D eigenvalue weighted by molar-refractivity contribution is 0.564. The Hall–Kier alpha value is -1.16. The molecule has 0 radical (unpaired) electrons. The third-order valence-corrected chi connectivity index (χ3v) is 2.21. The third-order valence-electron chi connectivity index (χ3n) is 2.21. The number of anilines is 1. The van der Waals surface area contributed by atoms with E-state index in [0.717, 1.165) is 26.2 Å². The molecule has 1 fully saturated rings. The van der Waals surface area contributed by atoms with Gasteiger partial charge in [0.1, 0.15) is 0 Å². The second-order valence-electron chi connectivity index (χ2n) is 3.06. The lowest BCUT2D eigenvalue weighted by Gasteiger charge is -2.29. The van der Waals surface area contributed by atoms with Crippen molar-refractivity contribution in [2.75, 3.05) is 31.1 Å². The molecule has 1 aromatic heterocycles. The highest BCUT2D eigenvalue weighted by atomic mass is 19.1. The summed E-state index contributed by atoms with van der Waals surface area (Å²) in [5.41, 5.74) is 0.663. The van der Waals surface area contributed by atoms with Crippen LogP contribution < -0.4 is 10.2 Å². The van der Waals surface area contributed by atoms with Crippen LogP contribution in [0, 0.1) is 5.82 Å². The quantitative estimate of drug-likeness (QED) is 0.688. The molecule has 0 aromatic carbocycles. The van der Waals surface area contributed by atoms with E-state index >= 15 is 0 Å². The number of nitrogens with one attached hydrogen (secondary N) is 1. The second-order valence-corrected chi connectivity index (χ2v) is 3.06. The van der Waals surface area contributed by atoms with E-state index < -0.39 is 0 Å². The van der Waals surface area contributed by atoms with E-state index in [1.54, 1.807) is 12.3 Å². The summed E-state index contributed by atoms with van der Waals surface area (Å²) >= 11 is 0. The molecule has 0 bridgehead atoms. The molecule has 1 aliphatic rings. The van der Waals surface area contributed by atoms with Gasteiger partial charge in [0.2, 0.25) is 0 Å². The Morgan fingerprint density at radius 1 is 1.38 bits per heavy atom. The number of nitrogens with zero attached hydrogens (tertiary/aromatic N) is 2. The van der Waals surface area contributed by atoms with Crippen molar-refractivity contribution >= 4 is 5.69 Å². The van der Waals surface area contributed by atoms with Gasteiger partial charge < -0.3 is 10.2 Å². The molecule has 1 saturated heterocycles. The van der Waals surface area contributed by atoms with Crippen LogP contribution in [0.25, 0.3) is 0 Å². The van der Waals surface area contributed by atoms with Crippen LogP contribution >= 0.6 is 0 Å². The van der Waals surface area contributed by atoms with Crippen molar-refractivity contribution in [1.82, 2.24) is 10.3 Å². The van der Waals surface area contributed by atoms with Crippen molar-refractivity contribution in [2.24, 2.45) is 0 Å². The first-order chi connectivity index (χ1) is 6.38. The number of halogens is 1. The largest absolute Gasteiger partial charge is 0.367 e. The number of aromatic nitrogens is 1. The molecule has 3 nitrogen and oxygen atoms in total. The van der Waals surface area contributed by atoms with Crippen molar-refractivity contribution < 1.29 is 4.39 Å². The highest BCUT2D eigenvalue weighted by Gasteiger charge is 2.13. The van der Waals surface area contributed by atoms with Gasteiger partial charge in [0.05, 0.1) is 11.9 Å². The summed E-state index contributed by atoms with van der Waals surface area (Å²) in [5, 5.41) is 3.22. The minimum absolute atomic E-state index is 0.232. The van der Waals surface area contributed by atoms with E-state index in [-0.39, 0.29) is 5.82 Å². The van der Waals surface area contributed by atoms with Gasteiger partial charge in [0.25, 0.3) is 0 Å². The predicted molar refractivity (Wildman–Crippen MR) is 49.3 cm³/mol. The maximum atomic E-state index is 13.2. The van der Waals surface area contributed by atoms with E-state index in [0.29, 0.717) is 5.69 Å². The van der Waals surface area contributed by atoms with Crippen LogP contribution in [0.2, 0.25) is 0 Å². The van der Waals surface area contributed by atoms with Gasteiger partial charge in [-0.05, 0) is 6.07 Å². The summed E-state index contributed by atoms with van der Waals surface area (Å²) in [5.74, 6) is -0.232. The molecule has 2 heterocycles. The molecular formula is C9H12FN3. The molecule has 4 heteroatoms. The monoisotopic (exact) mass is 181 g/mol. The maximum absolute atomic E-state index is 13.2. The van der Waals surface area contributed by atoms with Gasteiger partial charge in [0, 0.05) is 32.4 Å². The van der Waals surface area contributed by atoms with Crippen LogP contribution in [0.15, 0.2) is 18.5 Å². The standard InChI is InChI=1S/C9H12FN3/c10-8-7-12-2-1-9(8)13-5-3-11-4-6-13/h1-2,7,11H,3-6H2. The van der Waals surface area contributed by atoms with Crippen molar-refractivity contribution in [3.63, 3.8) is 0 Å². The zero-order valence-electron chi connectivity index (χ0n) is 7.33. The van der Waals surface area contributed by atoms with Crippen LogP contribution in [-0.4, -0.2) is 31.2 Å². The van der Waals surface area contributed by atoms with E-state index in [4.69, 9.17) is 0 Å². The molecular weight excluding hydrogens is 169 g/mol. The molecule has 2 rings (SSSR count). The summed E-state index contributed by atoms with van der Waals surface area (Å²) in [6, 6.07) is 1.72. The van der Waals surface area contributed by atoms with Crippen LogP contribution in [-0.2, 0) is 0 Å². The third kappa shape index (κ3) is 1.78. The first-order valence-electron chi connectivity index (χ1n) is 4.43. The molecule has 0 spiro atoms. The molecule has 1 aromatic rings. The first-order valence-corrected chi connectivity index (χ1v) is 4.43. The van der Waals surface area contributed by atoms with Gasteiger partial charge >= 0.3 is 0 Å². The van der Waals surface area contributed by atoms with Gasteiger partial charge in [-0.25, -0.2) is 4.39 Å². The SMILES string of the molecule is Fc1cnccc1N1CCNCC1. The number of pyridine rings is 1. The predicted octanol–water partition coefficient (Wildman–Crippen LogP) is 0.630. The van der Waals surface area contributed by atoms with Crippen molar-refractivity contribution in [2.45, 2.75) is 0 Å². The number of piperazine rings is 1. The van der Waals surface area contributed by atoms with Gasteiger partial charge in [-0.1, -0.05) is 0 Å². The maximum Gasteiger partial charge on any atom is 0.164 e. The Bertz CT molecular complexity index is 284. The average molecular weight is 181 g/mol. The molecule has 0 aliphatic carbocycles. The number of rotatable bonds is 1. The first kappa shape index (κ1) is 8.44.